The number of Topliss-reactive ketones (excluding diaryl/α,β-unsaturated/α-hetero) is 1. The van der Waals surface area contributed by atoms with Crippen LogP contribution in [-0.2, 0) is 4.79 Å². The van der Waals surface area contributed by atoms with Gasteiger partial charge in [-0.05, 0) is 48.4 Å². The normalized spacial score (nSPS) is 16.5. The maximum absolute atomic E-state index is 13.4. The van der Waals surface area contributed by atoms with Crippen molar-refractivity contribution in [2.24, 2.45) is 0 Å². The largest absolute Gasteiger partial charge is 0.506 e. The SMILES string of the molecule is CCCCN1C(=O)C(O)=C(C(=O)c2cc3cc(Cl)ccc3o2)C1c1ccc(O)c(Cl)c1. The smallest absolute Gasteiger partial charge is 0.290 e. The van der Waals surface area contributed by atoms with E-state index in [1.165, 1.54) is 23.1 Å². The summed E-state index contributed by atoms with van der Waals surface area (Å²) in [5.74, 6) is -1.99. The summed E-state index contributed by atoms with van der Waals surface area (Å²) in [5, 5.41) is 21.6. The molecule has 6 nitrogen and oxygen atoms in total. The summed E-state index contributed by atoms with van der Waals surface area (Å²) in [6.07, 6.45) is 1.51. The van der Waals surface area contributed by atoms with E-state index in [-0.39, 0.29) is 22.1 Å². The number of benzene rings is 2. The number of furan rings is 1. The number of nitrogens with zero attached hydrogens (tertiary/aromatic N) is 1. The molecule has 0 aliphatic carbocycles. The molecular weight excluding hydrogens is 441 g/mol. The van der Waals surface area contributed by atoms with Crippen LogP contribution in [0.25, 0.3) is 11.0 Å². The Morgan fingerprint density at radius 3 is 2.61 bits per heavy atom. The Morgan fingerprint density at radius 2 is 1.90 bits per heavy atom. The van der Waals surface area contributed by atoms with Crippen molar-refractivity contribution < 1.29 is 24.2 Å². The summed E-state index contributed by atoms with van der Waals surface area (Å²) in [4.78, 5) is 27.7. The summed E-state index contributed by atoms with van der Waals surface area (Å²) in [6, 6.07) is 10.1. The van der Waals surface area contributed by atoms with Gasteiger partial charge in [0.25, 0.3) is 5.91 Å². The Labute approximate surface area is 188 Å². The van der Waals surface area contributed by atoms with E-state index in [1.54, 1.807) is 24.3 Å². The van der Waals surface area contributed by atoms with Crippen LogP contribution in [0.15, 0.2) is 58.2 Å². The zero-order chi connectivity index (χ0) is 22.3. The van der Waals surface area contributed by atoms with Crippen molar-refractivity contribution >= 4 is 45.9 Å². The van der Waals surface area contributed by atoms with Gasteiger partial charge in [0.1, 0.15) is 11.3 Å². The van der Waals surface area contributed by atoms with Gasteiger partial charge in [-0.2, -0.15) is 0 Å². The minimum absolute atomic E-state index is 0.0150. The topological polar surface area (TPSA) is 91.0 Å². The number of ketones is 1. The molecule has 31 heavy (non-hydrogen) atoms. The second-order valence-corrected chi connectivity index (χ2v) is 8.19. The highest BCUT2D eigenvalue weighted by Gasteiger charge is 2.44. The maximum Gasteiger partial charge on any atom is 0.290 e. The van der Waals surface area contributed by atoms with Crippen LogP contribution >= 0.6 is 23.2 Å². The average Bonchev–Trinajstić information content (AvgIpc) is 3.27. The highest BCUT2D eigenvalue weighted by molar-refractivity contribution is 6.32. The van der Waals surface area contributed by atoms with Crippen LogP contribution in [0.2, 0.25) is 10.0 Å². The molecule has 1 aromatic heterocycles. The zero-order valence-electron chi connectivity index (χ0n) is 16.6. The number of aliphatic hydroxyl groups is 1. The van der Waals surface area contributed by atoms with Crippen molar-refractivity contribution in [2.75, 3.05) is 6.54 Å². The highest BCUT2D eigenvalue weighted by atomic mass is 35.5. The predicted molar refractivity (Wildman–Crippen MR) is 118 cm³/mol. The third-order valence-corrected chi connectivity index (χ3v) is 5.83. The second kappa shape index (κ2) is 8.29. The van der Waals surface area contributed by atoms with Crippen molar-refractivity contribution in [3.8, 4) is 5.75 Å². The summed E-state index contributed by atoms with van der Waals surface area (Å²) in [6.45, 7) is 2.32. The number of amides is 1. The predicted octanol–water partition coefficient (Wildman–Crippen LogP) is 5.82. The molecule has 1 atom stereocenters. The summed E-state index contributed by atoms with van der Waals surface area (Å²) in [7, 11) is 0. The van der Waals surface area contributed by atoms with Crippen LogP contribution in [0.3, 0.4) is 0 Å². The van der Waals surface area contributed by atoms with Gasteiger partial charge in [0.2, 0.25) is 5.78 Å². The molecule has 0 saturated heterocycles. The fourth-order valence-electron chi connectivity index (χ4n) is 3.74. The molecular formula is C23H19Cl2NO5. The molecule has 0 radical (unpaired) electrons. The van der Waals surface area contributed by atoms with Gasteiger partial charge in [0, 0.05) is 17.0 Å². The molecule has 8 heteroatoms. The molecule has 4 rings (SSSR count). The van der Waals surface area contributed by atoms with Gasteiger partial charge in [-0.3, -0.25) is 9.59 Å². The van der Waals surface area contributed by atoms with Gasteiger partial charge in [-0.1, -0.05) is 42.6 Å². The fourth-order valence-corrected chi connectivity index (χ4v) is 4.11. The van der Waals surface area contributed by atoms with Crippen molar-refractivity contribution in [1.82, 2.24) is 4.90 Å². The third-order valence-electron chi connectivity index (χ3n) is 5.29. The van der Waals surface area contributed by atoms with Crippen molar-refractivity contribution in [2.45, 2.75) is 25.8 Å². The number of carbonyl (C=O) groups is 2. The Balaban J connectivity index is 1.82. The van der Waals surface area contributed by atoms with Gasteiger partial charge in [0.15, 0.2) is 11.5 Å². The lowest BCUT2D eigenvalue weighted by molar-refractivity contribution is -0.129. The lowest BCUT2D eigenvalue weighted by Gasteiger charge is -2.26. The molecule has 2 heterocycles. The van der Waals surface area contributed by atoms with E-state index in [4.69, 9.17) is 27.6 Å². The van der Waals surface area contributed by atoms with Crippen molar-refractivity contribution in [3.63, 3.8) is 0 Å². The number of aliphatic hydroxyl groups excluding tert-OH is 1. The molecule has 0 saturated carbocycles. The number of unbranched alkanes of at least 4 members (excludes halogenated alkanes) is 1. The maximum atomic E-state index is 13.4. The first kappa shape index (κ1) is 21.3. The molecule has 1 unspecified atom stereocenters. The minimum atomic E-state index is -0.860. The van der Waals surface area contributed by atoms with Crippen LogP contribution in [-0.4, -0.2) is 33.3 Å². The Morgan fingerprint density at radius 1 is 1.13 bits per heavy atom. The summed E-state index contributed by atoms with van der Waals surface area (Å²) in [5.41, 5.74) is 0.871. The van der Waals surface area contributed by atoms with Crippen LogP contribution in [0.5, 0.6) is 5.75 Å². The number of phenols is 1. The van der Waals surface area contributed by atoms with Gasteiger partial charge < -0.3 is 19.5 Å². The van der Waals surface area contributed by atoms with E-state index in [9.17, 15) is 19.8 Å². The number of hydrogen-bond donors (Lipinski definition) is 2. The summed E-state index contributed by atoms with van der Waals surface area (Å²) >= 11 is 12.1. The number of fused-ring (bicyclic) bond motifs is 1. The molecule has 2 N–H and O–H groups in total. The van der Waals surface area contributed by atoms with Gasteiger partial charge in [-0.25, -0.2) is 0 Å². The third kappa shape index (κ3) is 3.77. The molecule has 2 aromatic carbocycles. The van der Waals surface area contributed by atoms with Crippen molar-refractivity contribution in [3.05, 3.63) is 75.2 Å². The van der Waals surface area contributed by atoms with E-state index in [2.05, 4.69) is 0 Å². The molecule has 160 valence electrons. The van der Waals surface area contributed by atoms with Gasteiger partial charge in [0.05, 0.1) is 16.6 Å². The Hall–Kier alpha value is -2.96. The zero-order valence-corrected chi connectivity index (χ0v) is 18.1. The monoisotopic (exact) mass is 459 g/mol. The van der Waals surface area contributed by atoms with Crippen LogP contribution < -0.4 is 0 Å². The number of aromatic hydroxyl groups is 1. The van der Waals surface area contributed by atoms with Gasteiger partial charge >= 0.3 is 0 Å². The first-order valence-electron chi connectivity index (χ1n) is 9.78. The fraction of sp³-hybridized carbons (Fsp3) is 0.217. The van der Waals surface area contributed by atoms with E-state index in [0.29, 0.717) is 34.5 Å². The van der Waals surface area contributed by atoms with Crippen molar-refractivity contribution in [1.29, 1.82) is 0 Å². The van der Waals surface area contributed by atoms with E-state index in [1.807, 2.05) is 6.92 Å². The van der Waals surface area contributed by atoms with Crippen LogP contribution in [0.4, 0.5) is 0 Å². The second-order valence-electron chi connectivity index (χ2n) is 7.35. The van der Waals surface area contributed by atoms with E-state index >= 15 is 0 Å². The molecule has 0 bridgehead atoms. The highest BCUT2D eigenvalue weighted by Crippen LogP contribution is 2.41. The molecule has 1 aliphatic heterocycles. The number of halogens is 2. The quantitative estimate of drug-likeness (QED) is 0.452. The molecule has 0 spiro atoms. The lowest BCUT2D eigenvalue weighted by atomic mass is 9.94. The van der Waals surface area contributed by atoms with Gasteiger partial charge in [-0.15, -0.1) is 0 Å². The van der Waals surface area contributed by atoms with E-state index in [0.717, 1.165) is 6.42 Å². The number of rotatable bonds is 6. The lowest BCUT2D eigenvalue weighted by Crippen LogP contribution is -2.32. The molecule has 3 aromatic rings. The Bertz CT molecular complexity index is 1230. The average molecular weight is 460 g/mol. The Kier molecular flexibility index (Phi) is 5.69. The number of carbonyl (C=O) groups excluding carboxylic acids is 2. The molecule has 0 fully saturated rings. The molecule has 1 amide bonds. The minimum Gasteiger partial charge on any atom is -0.506 e. The number of phenolic OH excluding ortho intramolecular Hbond substituents is 1. The van der Waals surface area contributed by atoms with E-state index < -0.39 is 23.5 Å². The van der Waals surface area contributed by atoms with Crippen LogP contribution in [0.1, 0.15) is 41.9 Å². The summed E-state index contributed by atoms with van der Waals surface area (Å²) < 4.78 is 5.67. The molecule has 1 aliphatic rings. The number of hydrogen-bond acceptors (Lipinski definition) is 5. The standard InChI is InChI=1S/C23H19Cl2NO5/c1-2-3-8-26-20(12-4-6-16(27)15(25)10-12)19(22(29)23(26)30)21(28)18-11-13-9-14(24)5-7-17(13)31-18/h4-7,9-11,20,27,29H,2-3,8H2,1H3. The first-order chi connectivity index (χ1) is 14.8. The van der Waals surface area contributed by atoms with Crippen LogP contribution in [0, 0.1) is 0 Å². The first-order valence-corrected chi connectivity index (χ1v) is 10.5.